The van der Waals surface area contributed by atoms with Gasteiger partial charge in [0.1, 0.15) is 11.5 Å². The molecule has 0 unspecified atom stereocenters. The van der Waals surface area contributed by atoms with Crippen molar-refractivity contribution >= 4 is 0 Å². The maximum atomic E-state index is 9.46. The second-order valence-electron chi connectivity index (χ2n) is 2.78. The molecule has 1 aromatic carbocycles. The first-order valence-corrected chi connectivity index (χ1v) is 4.05. The molecule has 0 radical (unpaired) electrons. The molecular formula is C10H14O2. The average Bonchev–Trinajstić information content (AvgIpc) is 2.09. The summed E-state index contributed by atoms with van der Waals surface area (Å²) in [5.41, 5.74) is 2.07. The van der Waals surface area contributed by atoms with Gasteiger partial charge in [0, 0.05) is 6.07 Å². The average molecular weight is 166 g/mol. The van der Waals surface area contributed by atoms with Crippen molar-refractivity contribution in [1.82, 2.24) is 0 Å². The number of aromatic hydroxyl groups is 1. The third kappa shape index (κ3) is 1.52. The van der Waals surface area contributed by atoms with Crippen LogP contribution in [0.25, 0.3) is 0 Å². The predicted molar refractivity (Wildman–Crippen MR) is 48.8 cm³/mol. The molecule has 0 aliphatic heterocycles. The zero-order valence-electron chi connectivity index (χ0n) is 7.72. The minimum atomic E-state index is 0.311. The Hall–Kier alpha value is -1.18. The van der Waals surface area contributed by atoms with E-state index >= 15 is 0 Å². The highest BCUT2D eigenvalue weighted by molar-refractivity contribution is 5.44. The fraction of sp³-hybridized carbons (Fsp3) is 0.400. The van der Waals surface area contributed by atoms with Gasteiger partial charge in [0.05, 0.1) is 7.11 Å². The Kier molecular flexibility index (Phi) is 2.58. The van der Waals surface area contributed by atoms with E-state index in [0.29, 0.717) is 5.75 Å². The predicted octanol–water partition coefficient (Wildman–Crippen LogP) is 2.27. The molecule has 0 amide bonds. The molecule has 2 heteroatoms. The minimum Gasteiger partial charge on any atom is -0.508 e. The van der Waals surface area contributed by atoms with E-state index in [4.69, 9.17) is 4.74 Å². The summed E-state index contributed by atoms with van der Waals surface area (Å²) in [7, 11) is 1.60. The number of aryl methyl sites for hydroxylation is 1. The second-order valence-corrected chi connectivity index (χ2v) is 2.78. The van der Waals surface area contributed by atoms with Crippen molar-refractivity contribution < 1.29 is 9.84 Å². The first-order chi connectivity index (χ1) is 5.69. The van der Waals surface area contributed by atoms with E-state index in [1.165, 1.54) is 0 Å². The van der Waals surface area contributed by atoms with Gasteiger partial charge >= 0.3 is 0 Å². The van der Waals surface area contributed by atoms with E-state index in [0.717, 1.165) is 23.3 Å². The molecule has 12 heavy (non-hydrogen) atoms. The summed E-state index contributed by atoms with van der Waals surface area (Å²) in [5.74, 6) is 1.03. The number of phenolic OH excluding ortho intramolecular Hbond substituents is 1. The number of phenols is 1. The smallest absolute Gasteiger partial charge is 0.122 e. The van der Waals surface area contributed by atoms with Gasteiger partial charge in [-0.05, 0) is 30.5 Å². The van der Waals surface area contributed by atoms with Crippen molar-refractivity contribution in [1.29, 1.82) is 0 Å². The molecule has 0 fully saturated rings. The maximum Gasteiger partial charge on any atom is 0.122 e. The lowest BCUT2D eigenvalue weighted by Gasteiger charge is -2.08. The van der Waals surface area contributed by atoms with Gasteiger partial charge in [-0.2, -0.15) is 0 Å². The molecule has 1 aromatic rings. The lowest BCUT2D eigenvalue weighted by molar-refractivity contribution is 0.406. The van der Waals surface area contributed by atoms with Crippen molar-refractivity contribution in [3.8, 4) is 11.5 Å². The van der Waals surface area contributed by atoms with Crippen molar-refractivity contribution in [3.63, 3.8) is 0 Å². The fourth-order valence-corrected chi connectivity index (χ4v) is 1.21. The molecule has 0 aliphatic rings. The SMILES string of the molecule is CCc1cc(OC)cc(O)c1C. The third-order valence-corrected chi connectivity index (χ3v) is 2.08. The van der Waals surface area contributed by atoms with Crippen LogP contribution in [0.5, 0.6) is 11.5 Å². The van der Waals surface area contributed by atoms with Crippen LogP contribution < -0.4 is 4.74 Å². The van der Waals surface area contributed by atoms with E-state index in [1.54, 1.807) is 13.2 Å². The Morgan fingerprint density at radius 1 is 1.42 bits per heavy atom. The second kappa shape index (κ2) is 3.48. The lowest BCUT2D eigenvalue weighted by atomic mass is 10.1. The van der Waals surface area contributed by atoms with Gasteiger partial charge in [-0.3, -0.25) is 0 Å². The van der Waals surface area contributed by atoms with Crippen molar-refractivity contribution in [2.45, 2.75) is 20.3 Å². The first kappa shape index (κ1) is 8.91. The summed E-state index contributed by atoms with van der Waals surface area (Å²) in [6, 6.07) is 3.59. The molecule has 0 aliphatic carbocycles. The molecule has 1 N–H and O–H groups in total. The summed E-state index contributed by atoms with van der Waals surface area (Å²) in [6.45, 7) is 3.97. The van der Waals surface area contributed by atoms with E-state index in [-0.39, 0.29) is 0 Å². The Bertz CT molecular complexity index is 279. The van der Waals surface area contributed by atoms with Gasteiger partial charge in [0.25, 0.3) is 0 Å². The summed E-state index contributed by atoms with van der Waals surface area (Å²) >= 11 is 0. The van der Waals surface area contributed by atoms with E-state index in [9.17, 15) is 5.11 Å². The van der Waals surface area contributed by atoms with E-state index in [1.807, 2.05) is 13.0 Å². The van der Waals surface area contributed by atoms with Crippen molar-refractivity contribution in [2.24, 2.45) is 0 Å². The van der Waals surface area contributed by atoms with Gasteiger partial charge in [-0.15, -0.1) is 0 Å². The normalized spacial score (nSPS) is 9.92. The molecular weight excluding hydrogens is 152 g/mol. The Morgan fingerprint density at radius 2 is 2.08 bits per heavy atom. The Balaban J connectivity index is 3.19. The molecule has 0 aromatic heterocycles. The zero-order valence-corrected chi connectivity index (χ0v) is 7.72. The van der Waals surface area contributed by atoms with Crippen molar-refractivity contribution in [3.05, 3.63) is 23.3 Å². The molecule has 0 saturated carbocycles. The zero-order chi connectivity index (χ0) is 9.14. The largest absolute Gasteiger partial charge is 0.508 e. The molecule has 0 spiro atoms. The van der Waals surface area contributed by atoms with Crippen LogP contribution in [0, 0.1) is 6.92 Å². The summed E-state index contributed by atoms with van der Waals surface area (Å²) in [5, 5.41) is 9.46. The molecule has 0 saturated heterocycles. The minimum absolute atomic E-state index is 0.311. The highest BCUT2D eigenvalue weighted by atomic mass is 16.5. The van der Waals surface area contributed by atoms with Crippen LogP contribution in [0.1, 0.15) is 18.1 Å². The molecule has 2 nitrogen and oxygen atoms in total. The van der Waals surface area contributed by atoms with Crippen LogP contribution in [0.15, 0.2) is 12.1 Å². The van der Waals surface area contributed by atoms with Gasteiger partial charge in [-0.25, -0.2) is 0 Å². The third-order valence-electron chi connectivity index (χ3n) is 2.08. The van der Waals surface area contributed by atoms with Gasteiger partial charge in [0.2, 0.25) is 0 Å². The molecule has 0 bridgehead atoms. The van der Waals surface area contributed by atoms with Crippen LogP contribution in [-0.4, -0.2) is 12.2 Å². The molecule has 1 rings (SSSR count). The van der Waals surface area contributed by atoms with Crippen LogP contribution in [0.4, 0.5) is 0 Å². The highest BCUT2D eigenvalue weighted by Crippen LogP contribution is 2.26. The van der Waals surface area contributed by atoms with Crippen LogP contribution in [0.3, 0.4) is 0 Å². The number of methoxy groups -OCH3 is 1. The Morgan fingerprint density at radius 3 is 2.58 bits per heavy atom. The summed E-state index contributed by atoms with van der Waals surface area (Å²) in [4.78, 5) is 0. The summed E-state index contributed by atoms with van der Waals surface area (Å²) in [6.07, 6.45) is 0.913. The topological polar surface area (TPSA) is 29.5 Å². The monoisotopic (exact) mass is 166 g/mol. The quantitative estimate of drug-likeness (QED) is 0.730. The molecule has 0 atom stereocenters. The maximum absolute atomic E-state index is 9.46. The number of benzene rings is 1. The van der Waals surface area contributed by atoms with E-state index in [2.05, 4.69) is 6.92 Å². The fourth-order valence-electron chi connectivity index (χ4n) is 1.21. The number of ether oxygens (including phenoxy) is 1. The van der Waals surface area contributed by atoms with Crippen LogP contribution in [0.2, 0.25) is 0 Å². The van der Waals surface area contributed by atoms with Gasteiger partial charge in [-0.1, -0.05) is 6.92 Å². The van der Waals surface area contributed by atoms with Gasteiger partial charge < -0.3 is 9.84 Å². The number of hydrogen-bond donors (Lipinski definition) is 1. The molecule has 66 valence electrons. The lowest BCUT2D eigenvalue weighted by Crippen LogP contribution is -1.90. The van der Waals surface area contributed by atoms with Crippen LogP contribution in [-0.2, 0) is 6.42 Å². The van der Waals surface area contributed by atoms with E-state index < -0.39 is 0 Å². The standard InChI is InChI=1S/C10H14O2/c1-4-8-5-9(12-3)6-10(11)7(8)2/h5-6,11H,4H2,1-3H3. The molecule has 0 heterocycles. The van der Waals surface area contributed by atoms with Gasteiger partial charge in [0.15, 0.2) is 0 Å². The first-order valence-electron chi connectivity index (χ1n) is 4.05. The number of rotatable bonds is 2. The van der Waals surface area contributed by atoms with Crippen LogP contribution >= 0.6 is 0 Å². The number of hydrogen-bond acceptors (Lipinski definition) is 2. The summed E-state index contributed by atoms with van der Waals surface area (Å²) < 4.78 is 5.03. The Labute approximate surface area is 72.8 Å². The highest BCUT2D eigenvalue weighted by Gasteiger charge is 2.04. The van der Waals surface area contributed by atoms with Crippen molar-refractivity contribution in [2.75, 3.05) is 7.11 Å².